The number of sulfone groups is 1. The molecule has 148 valence electrons. The largest absolute Gasteiger partial charge is 0.497 e. The molecule has 0 unspecified atom stereocenters. The molecule has 2 atom stereocenters. The van der Waals surface area contributed by atoms with Crippen molar-refractivity contribution in [1.82, 2.24) is 0 Å². The fourth-order valence-electron chi connectivity index (χ4n) is 3.32. The van der Waals surface area contributed by atoms with E-state index in [0.29, 0.717) is 28.8 Å². The number of benzene rings is 1. The molecule has 0 spiro atoms. The molecular weight excluding hydrogens is 388 g/mol. The number of ether oxygens (including phenoxy) is 2. The summed E-state index contributed by atoms with van der Waals surface area (Å²) < 4.78 is 35.0. The number of rotatable bonds is 6. The number of aliphatic imine (C=N–C) groups is 1. The van der Waals surface area contributed by atoms with E-state index < -0.39 is 9.84 Å². The van der Waals surface area contributed by atoms with Gasteiger partial charge in [-0.2, -0.15) is 4.99 Å². The lowest BCUT2D eigenvalue weighted by molar-refractivity contribution is -0.117. The van der Waals surface area contributed by atoms with Gasteiger partial charge in [0.15, 0.2) is 15.0 Å². The van der Waals surface area contributed by atoms with Crippen molar-refractivity contribution in [3.8, 4) is 11.5 Å². The Kier molecular flexibility index (Phi) is 6.00. The Morgan fingerprint density at radius 1 is 1.30 bits per heavy atom. The Hall–Kier alpha value is -1.74. The van der Waals surface area contributed by atoms with Crippen molar-refractivity contribution in [2.24, 2.45) is 4.99 Å². The molecule has 1 aromatic rings. The van der Waals surface area contributed by atoms with Crippen molar-refractivity contribution in [3.63, 3.8) is 0 Å². The monoisotopic (exact) mass is 412 g/mol. The van der Waals surface area contributed by atoms with Crippen LogP contribution in [0.3, 0.4) is 0 Å². The van der Waals surface area contributed by atoms with Gasteiger partial charge in [0.25, 0.3) is 0 Å². The number of hydrogen-bond acceptors (Lipinski definition) is 6. The summed E-state index contributed by atoms with van der Waals surface area (Å²) in [5.41, 5.74) is 0.692. The van der Waals surface area contributed by atoms with Crippen molar-refractivity contribution in [2.75, 3.05) is 30.6 Å². The van der Waals surface area contributed by atoms with Crippen LogP contribution in [0.2, 0.25) is 0 Å². The third-order valence-corrected chi connectivity index (χ3v) is 7.89. The Morgan fingerprint density at radius 3 is 2.74 bits per heavy atom. The number of carbonyl (C=O) groups excluding carboxylic acids is 1. The van der Waals surface area contributed by atoms with Gasteiger partial charge < -0.3 is 14.4 Å². The first-order valence-corrected chi connectivity index (χ1v) is 11.6. The summed E-state index contributed by atoms with van der Waals surface area (Å²) in [6, 6.07) is 5.08. The van der Waals surface area contributed by atoms with Crippen molar-refractivity contribution in [3.05, 3.63) is 18.2 Å². The fraction of sp³-hybridized carbons (Fsp3) is 0.556. The molecule has 1 aromatic carbocycles. The van der Waals surface area contributed by atoms with Crippen molar-refractivity contribution < 1.29 is 22.7 Å². The Morgan fingerprint density at radius 2 is 2.07 bits per heavy atom. The molecule has 2 aliphatic heterocycles. The second kappa shape index (κ2) is 8.10. The number of unbranched alkanes of at least 4 members (excludes halogenated alkanes) is 1. The summed E-state index contributed by atoms with van der Waals surface area (Å²) in [5, 5.41) is 0.406. The van der Waals surface area contributed by atoms with Gasteiger partial charge in [-0.1, -0.05) is 25.1 Å². The highest BCUT2D eigenvalue weighted by molar-refractivity contribution is 8.16. The number of amides is 1. The first-order valence-electron chi connectivity index (χ1n) is 8.88. The van der Waals surface area contributed by atoms with Crippen LogP contribution in [-0.4, -0.2) is 56.5 Å². The summed E-state index contributed by atoms with van der Waals surface area (Å²) in [6.45, 7) is 2.02. The second-order valence-corrected chi connectivity index (χ2v) is 9.96. The van der Waals surface area contributed by atoms with Gasteiger partial charge in [0.1, 0.15) is 11.5 Å². The molecule has 2 fully saturated rings. The van der Waals surface area contributed by atoms with Gasteiger partial charge >= 0.3 is 0 Å². The van der Waals surface area contributed by atoms with E-state index in [1.807, 2.05) is 17.9 Å². The average Bonchev–Trinajstić information content (AvgIpc) is 3.10. The zero-order valence-corrected chi connectivity index (χ0v) is 17.3. The Labute approximate surface area is 164 Å². The van der Waals surface area contributed by atoms with Crippen LogP contribution in [-0.2, 0) is 14.6 Å². The molecule has 1 amide bonds. The fourth-order valence-corrected chi connectivity index (χ4v) is 7.24. The molecule has 0 aromatic heterocycles. The maximum Gasteiger partial charge on any atom is 0.248 e. The number of methoxy groups -OCH3 is 2. The number of carbonyl (C=O) groups is 1. The van der Waals surface area contributed by atoms with Gasteiger partial charge in [-0.15, -0.1) is 0 Å². The van der Waals surface area contributed by atoms with E-state index in [9.17, 15) is 13.2 Å². The first kappa shape index (κ1) is 20.0. The molecule has 7 nitrogen and oxygen atoms in total. The summed E-state index contributed by atoms with van der Waals surface area (Å²) >= 11 is 1.37. The van der Waals surface area contributed by atoms with Gasteiger partial charge in [0, 0.05) is 17.7 Å². The van der Waals surface area contributed by atoms with E-state index in [4.69, 9.17) is 9.47 Å². The van der Waals surface area contributed by atoms with E-state index in [1.165, 1.54) is 11.8 Å². The number of thioether (sulfide) groups is 1. The molecule has 0 saturated carbocycles. The van der Waals surface area contributed by atoms with E-state index in [1.54, 1.807) is 26.4 Å². The van der Waals surface area contributed by atoms with Crippen LogP contribution in [0, 0.1) is 0 Å². The van der Waals surface area contributed by atoms with E-state index in [2.05, 4.69) is 4.99 Å². The third-order valence-electron chi connectivity index (χ3n) is 4.68. The van der Waals surface area contributed by atoms with Gasteiger partial charge in [-0.05, 0) is 18.6 Å². The minimum Gasteiger partial charge on any atom is -0.497 e. The molecule has 2 aliphatic rings. The summed E-state index contributed by atoms with van der Waals surface area (Å²) in [6.07, 6.45) is 2.10. The van der Waals surface area contributed by atoms with Crippen molar-refractivity contribution >= 4 is 38.4 Å². The van der Waals surface area contributed by atoms with E-state index >= 15 is 0 Å². The normalized spacial score (nSPS) is 24.9. The lowest BCUT2D eigenvalue weighted by atomic mass is 10.2. The quantitative estimate of drug-likeness (QED) is 0.710. The van der Waals surface area contributed by atoms with Crippen molar-refractivity contribution in [2.45, 2.75) is 37.5 Å². The zero-order chi connectivity index (χ0) is 19.6. The predicted octanol–water partition coefficient (Wildman–Crippen LogP) is 2.50. The molecule has 0 N–H and O–H groups in total. The second-order valence-electron chi connectivity index (χ2n) is 6.60. The lowest BCUT2D eigenvalue weighted by Gasteiger charge is -2.26. The van der Waals surface area contributed by atoms with E-state index in [0.717, 1.165) is 12.8 Å². The highest BCUT2D eigenvalue weighted by Crippen LogP contribution is 2.44. The average molecular weight is 413 g/mol. The summed E-state index contributed by atoms with van der Waals surface area (Å²) in [7, 11) is 0.00482. The van der Waals surface area contributed by atoms with Gasteiger partial charge in [-0.25, -0.2) is 8.42 Å². The lowest BCUT2D eigenvalue weighted by Crippen LogP contribution is -2.38. The van der Waals surface area contributed by atoms with Gasteiger partial charge in [0.2, 0.25) is 5.91 Å². The third kappa shape index (κ3) is 4.24. The molecule has 0 aliphatic carbocycles. The molecule has 27 heavy (non-hydrogen) atoms. The highest BCUT2D eigenvalue weighted by Gasteiger charge is 2.50. The number of hydrogen-bond donors (Lipinski definition) is 0. The van der Waals surface area contributed by atoms with Crippen LogP contribution < -0.4 is 14.4 Å². The highest BCUT2D eigenvalue weighted by atomic mass is 32.2. The minimum absolute atomic E-state index is 0.0437. The SMILES string of the molecule is CCCCC(=O)N=C1S[C@@H]2CS(=O)(=O)C[C@@H]2N1c1ccc(OC)cc1OC. The van der Waals surface area contributed by atoms with E-state index in [-0.39, 0.29) is 28.7 Å². The molecular formula is C18H24N2O5S2. The Balaban J connectivity index is 2.01. The molecule has 9 heteroatoms. The van der Waals surface area contributed by atoms with Crippen LogP contribution in [0.15, 0.2) is 23.2 Å². The molecule has 2 saturated heterocycles. The maximum atomic E-state index is 12.2. The molecule has 0 bridgehead atoms. The van der Waals surface area contributed by atoms with Crippen LogP contribution in [0.25, 0.3) is 0 Å². The number of anilines is 1. The van der Waals surface area contributed by atoms with Crippen LogP contribution >= 0.6 is 11.8 Å². The summed E-state index contributed by atoms with van der Waals surface area (Å²) in [5.74, 6) is 1.14. The minimum atomic E-state index is -3.11. The zero-order valence-electron chi connectivity index (χ0n) is 15.7. The first-order chi connectivity index (χ1) is 12.9. The number of nitrogens with zero attached hydrogens (tertiary/aromatic N) is 2. The molecule has 2 heterocycles. The van der Waals surface area contributed by atoms with Crippen LogP contribution in [0.4, 0.5) is 5.69 Å². The maximum absolute atomic E-state index is 12.2. The van der Waals surface area contributed by atoms with Crippen LogP contribution in [0.1, 0.15) is 26.2 Å². The smallest absolute Gasteiger partial charge is 0.248 e. The molecule has 0 radical (unpaired) electrons. The van der Waals surface area contributed by atoms with Gasteiger partial charge in [-0.3, -0.25) is 4.79 Å². The van der Waals surface area contributed by atoms with Crippen LogP contribution in [0.5, 0.6) is 11.5 Å². The number of fused-ring (bicyclic) bond motifs is 1. The standard InChI is InChI=1S/C18H24N2O5S2/c1-4-5-6-17(21)19-18-20(14-10-27(22,23)11-16(14)26-18)13-8-7-12(24-2)9-15(13)25-3/h7-9,14,16H,4-6,10-11H2,1-3H3/t14-,16+/m0/s1. The summed E-state index contributed by atoms with van der Waals surface area (Å²) in [4.78, 5) is 18.4. The predicted molar refractivity (Wildman–Crippen MR) is 108 cm³/mol. The molecule has 3 rings (SSSR count). The van der Waals surface area contributed by atoms with Crippen molar-refractivity contribution in [1.29, 1.82) is 0 Å². The topological polar surface area (TPSA) is 85.3 Å². The van der Waals surface area contributed by atoms with Gasteiger partial charge in [0.05, 0.1) is 37.5 Å². The Bertz CT molecular complexity index is 853. The number of amidine groups is 1.